The van der Waals surface area contributed by atoms with Gasteiger partial charge < -0.3 is 33.8 Å². The Kier molecular flexibility index (Phi) is 9.51. The van der Waals surface area contributed by atoms with Crippen LogP contribution in [0.1, 0.15) is 47.1 Å². The Labute approximate surface area is 259 Å². The maximum atomic E-state index is 13.4. The van der Waals surface area contributed by atoms with Crippen molar-refractivity contribution < 1.29 is 42.9 Å². The van der Waals surface area contributed by atoms with Crippen molar-refractivity contribution in [3.8, 4) is 28.6 Å². The lowest BCUT2D eigenvalue weighted by atomic mass is 10.1. The predicted molar refractivity (Wildman–Crippen MR) is 165 cm³/mol. The fourth-order valence-corrected chi connectivity index (χ4v) is 4.17. The van der Waals surface area contributed by atoms with Gasteiger partial charge in [-0.1, -0.05) is 42.5 Å². The third kappa shape index (κ3) is 9.33. The van der Waals surface area contributed by atoms with Gasteiger partial charge in [-0.3, -0.25) is 4.79 Å². The molecular formula is C34H35NO10. The van der Waals surface area contributed by atoms with Crippen molar-refractivity contribution in [1.29, 1.82) is 0 Å². The zero-order valence-electron chi connectivity index (χ0n) is 25.8. The first-order valence-electron chi connectivity index (χ1n) is 14.1. The van der Waals surface area contributed by atoms with Gasteiger partial charge in [0.05, 0.1) is 0 Å². The van der Waals surface area contributed by atoms with Crippen molar-refractivity contribution >= 4 is 29.2 Å². The van der Waals surface area contributed by atoms with Crippen LogP contribution in [0.5, 0.6) is 17.2 Å². The van der Waals surface area contributed by atoms with Gasteiger partial charge in [-0.2, -0.15) is 0 Å². The molecule has 11 nitrogen and oxygen atoms in total. The van der Waals surface area contributed by atoms with Gasteiger partial charge in [0.1, 0.15) is 51.2 Å². The number of rotatable bonds is 7. The zero-order valence-corrected chi connectivity index (χ0v) is 25.8. The number of nitrogens with one attached hydrogen (secondary N) is 1. The summed E-state index contributed by atoms with van der Waals surface area (Å²) in [4.78, 5) is 50.8. The van der Waals surface area contributed by atoms with E-state index >= 15 is 0 Å². The number of phenolic OH excluding ortho intramolecular Hbond substituents is 1. The molecule has 0 aliphatic heterocycles. The van der Waals surface area contributed by atoms with Crippen molar-refractivity contribution in [1.82, 2.24) is 5.32 Å². The first-order valence-corrected chi connectivity index (χ1v) is 14.1. The summed E-state index contributed by atoms with van der Waals surface area (Å²) in [7, 11) is 0. The van der Waals surface area contributed by atoms with Crippen LogP contribution in [0.4, 0.5) is 9.59 Å². The fourth-order valence-electron chi connectivity index (χ4n) is 4.17. The van der Waals surface area contributed by atoms with E-state index in [4.69, 9.17) is 23.4 Å². The van der Waals surface area contributed by atoms with Gasteiger partial charge in [0.2, 0.25) is 0 Å². The summed E-state index contributed by atoms with van der Waals surface area (Å²) in [5.74, 6) is -0.957. The molecule has 0 radical (unpaired) electrons. The number of alkyl carbamates (subject to hydrolysis) is 1. The molecule has 1 amide bonds. The molecule has 0 saturated heterocycles. The summed E-state index contributed by atoms with van der Waals surface area (Å²) in [6, 6.07) is 17.6. The molecule has 1 aromatic heterocycles. The van der Waals surface area contributed by atoms with E-state index in [1.807, 2.05) is 6.07 Å². The van der Waals surface area contributed by atoms with E-state index in [1.54, 1.807) is 77.9 Å². The molecule has 0 aliphatic carbocycles. The summed E-state index contributed by atoms with van der Waals surface area (Å²) in [5, 5.41) is 13.1. The van der Waals surface area contributed by atoms with E-state index in [0.717, 1.165) is 6.07 Å². The number of hydrogen-bond donors (Lipinski definition) is 2. The number of benzene rings is 3. The van der Waals surface area contributed by atoms with Crippen LogP contribution in [0.15, 0.2) is 82.0 Å². The summed E-state index contributed by atoms with van der Waals surface area (Å²) < 4.78 is 27.1. The molecule has 0 saturated carbocycles. The Morgan fingerprint density at radius 2 is 1.47 bits per heavy atom. The molecule has 4 rings (SSSR count). The van der Waals surface area contributed by atoms with Crippen LogP contribution < -0.4 is 20.2 Å². The summed E-state index contributed by atoms with van der Waals surface area (Å²) in [6.07, 6.45) is -1.75. The molecule has 1 heterocycles. The Bertz CT molecular complexity index is 1750. The average molecular weight is 618 g/mol. The SMILES string of the molecule is CC(C)(C)OC(=O)N[C@H](Cc1ccc(OC(=O)OC(C)(C)C)cc1)C(=O)Oc1cc(O)c2c(=O)cc(-c3ccccc3)oc2c1. The molecule has 0 spiro atoms. The van der Waals surface area contributed by atoms with Crippen LogP contribution in [0, 0.1) is 0 Å². The first kappa shape index (κ1) is 32.6. The second-order valence-corrected chi connectivity index (χ2v) is 12.2. The van der Waals surface area contributed by atoms with Crippen molar-refractivity contribution in [3.63, 3.8) is 0 Å². The molecule has 45 heavy (non-hydrogen) atoms. The lowest BCUT2D eigenvalue weighted by Gasteiger charge is -2.23. The summed E-state index contributed by atoms with van der Waals surface area (Å²) in [6.45, 7) is 10.2. The van der Waals surface area contributed by atoms with Gasteiger partial charge in [-0.25, -0.2) is 14.4 Å². The number of hydrogen-bond acceptors (Lipinski definition) is 10. The predicted octanol–water partition coefficient (Wildman–Crippen LogP) is 6.52. The van der Waals surface area contributed by atoms with Crippen LogP contribution in [-0.2, 0) is 20.7 Å². The molecule has 2 N–H and O–H groups in total. The maximum absolute atomic E-state index is 13.4. The van der Waals surface area contributed by atoms with Crippen LogP contribution >= 0.6 is 0 Å². The van der Waals surface area contributed by atoms with Gasteiger partial charge in [-0.05, 0) is 59.2 Å². The van der Waals surface area contributed by atoms with E-state index in [9.17, 15) is 24.3 Å². The van der Waals surface area contributed by atoms with Crippen LogP contribution in [0.2, 0.25) is 0 Å². The quantitative estimate of drug-likeness (QED) is 0.133. The molecule has 0 unspecified atom stereocenters. The highest BCUT2D eigenvalue weighted by Crippen LogP contribution is 2.31. The van der Waals surface area contributed by atoms with Gasteiger partial charge in [0.15, 0.2) is 5.43 Å². The van der Waals surface area contributed by atoms with E-state index in [0.29, 0.717) is 11.1 Å². The lowest BCUT2D eigenvalue weighted by Crippen LogP contribution is -2.46. The minimum absolute atomic E-state index is 0.00128. The number of aromatic hydroxyl groups is 1. The Morgan fingerprint density at radius 1 is 0.822 bits per heavy atom. The number of phenols is 1. The number of esters is 1. The van der Waals surface area contributed by atoms with Crippen molar-refractivity contribution in [3.05, 3.63) is 88.6 Å². The largest absolute Gasteiger partial charge is 0.514 e. The van der Waals surface area contributed by atoms with E-state index in [-0.39, 0.29) is 34.6 Å². The highest BCUT2D eigenvalue weighted by Gasteiger charge is 2.27. The molecule has 4 aromatic rings. The topological polar surface area (TPSA) is 151 Å². The molecular weight excluding hydrogens is 582 g/mol. The van der Waals surface area contributed by atoms with E-state index in [2.05, 4.69) is 5.32 Å². The Hall–Kier alpha value is -5.32. The van der Waals surface area contributed by atoms with Gasteiger partial charge in [0.25, 0.3) is 0 Å². The number of carbonyl (C=O) groups excluding carboxylic acids is 3. The first-order chi connectivity index (χ1) is 21.1. The second-order valence-electron chi connectivity index (χ2n) is 12.2. The number of ether oxygens (including phenoxy) is 4. The minimum Gasteiger partial charge on any atom is -0.507 e. The normalized spacial score (nSPS) is 12.2. The van der Waals surface area contributed by atoms with Crippen molar-refractivity contribution in [2.45, 2.75) is 65.2 Å². The highest BCUT2D eigenvalue weighted by molar-refractivity contribution is 5.88. The third-order valence-corrected chi connectivity index (χ3v) is 5.99. The summed E-state index contributed by atoms with van der Waals surface area (Å²) >= 11 is 0. The molecule has 0 aliphatic rings. The van der Waals surface area contributed by atoms with Crippen LogP contribution in [-0.4, -0.2) is 40.6 Å². The number of carbonyl (C=O) groups is 3. The van der Waals surface area contributed by atoms with Crippen LogP contribution in [0.3, 0.4) is 0 Å². The Morgan fingerprint density at radius 3 is 2.09 bits per heavy atom. The lowest BCUT2D eigenvalue weighted by molar-refractivity contribution is -0.136. The maximum Gasteiger partial charge on any atom is 0.514 e. The van der Waals surface area contributed by atoms with Crippen molar-refractivity contribution in [2.24, 2.45) is 0 Å². The molecule has 236 valence electrons. The molecule has 3 aromatic carbocycles. The monoisotopic (exact) mass is 617 g/mol. The number of fused-ring (bicyclic) bond motifs is 1. The van der Waals surface area contributed by atoms with Gasteiger partial charge in [0, 0.05) is 30.2 Å². The molecule has 0 fully saturated rings. The van der Waals surface area contributed by atoms with Crippen LogP contribution in [0.25, 0.3) is 22.3 Å². The van der Waals surface area contributed by atoms with E-state index in [1.165, 1.54) is 24.3 Å². The zero-order chi connectivity index (χ0) is 32.9. The highest BCUT2D eigenvalue weighted by atomic mass is 16.7. The molecule has 11 heteroatoms. The smallest absolute Gasteiger partial charge is 0.507 e. The standard InChI is InChI=1S/C34H35NO10/c1-33(2,3)44-31(39)35-24(16-20-12-14-22(15-13-20)42-32(40)45-34(4,5)6)30(38)41-23-17-25(36)29-26(37)19-27(43-28(29)18-23)21-10-8-7-9-11-21/h7-15,17-19,24,36H,16H2,1-6H3,(H,35,39)/t24-/m1/s1. The fraction of sp³-hybridized carbons (Fsp3) is 0.294. The molecule has 1 atom stereocenters. The van der Waals surface area contributed by atoms with Gasteiger partial charge >= 0.3 is 18.2 Å². The minimum atomic E-state index is -1.24. The molecule has 0 bridgehead atoms. The number of amides is 1. The van der Waals surface area contributed by atoms with E-state index < -0.39 is 46.6 Å². The van der Waals surface area contributed by atoms with Crippen molar-refractivity contribution in [2.75, 3.05) is 0 Å². The average Bonchev–Trinajstić information content (AvgIpc) is 2.91. The second kappa shape index (κ2) is 13.1. The van der Waals surface area contributed by atoms with Gasteiger partial charge in [-0.15, -0.1) is 0 Å². The Balaban J connectivity index is 1.57. The third-order valence-electron chi connectivity index (χ3n) is 5.99. The summed E-state index contributed by atoms with van der Waals surface area (Å²) in [5.41, 5.74) is -0.811.